The highest BCUT2D eigenvalue weighted by Crippen LogP contribution is 2.08. The molecule has 5 nitrogen and oxygen atoms in total. The van der Waals surface area contributed by atoms with E-state index in [-0.39, 0.29) is 18.4 Å². The van der Waals surface area contributed by atoms with Gasteiger partial charge in [0.2, 0.25) is 5.91 Å². The summed E-state index contributed by atoms with van der Waals surface area (Å²) >= 11 is 0. The first-order chi connectivity index (χ1) is 6.58. The summed E-state index contributed by atoms with van der Waals surface area (Å²) in [6.07, 6.45) is 0.274. The molecule has 0 radical (unpaired) electrons. The van der Waals surface area contributed by atoms with E-state index in [0.717, 1.165) is 0 Å². The first-order valence-electron chi connectivity index (χ1n) is 4.35. The highest BCUT2D eigenvalue weighted by Gasteiger charge is 2.05. The lowest BCUT2D eigenvalue weighted by Crippen LogP contribution is -2.24. The third-order valence-electron chi connectivity index (χ3n) is 1.67. The fraction of sp³-hybridized carbons (Fsp3) is 0.333. The summed E-state index contributed by atoms with van der Waals surface area (Å²) in [6, 6.07) is 5.24. The number of hydrogen-bond donors (Lipinski definition) is 3. The molecule has 1 rings (SSSR count). The second-order valence-corrected chi connectivity index (χ2v) is 3.16. The number of primary amides is 1. The van der Waals surface area contributed by atoms with Crippen molar-refractivity contribution in [3.8, 4) is 0 Å². The smallest absolute Gasteiger partial charge is 0.219 e. The fourth-order valence-corrected chi connectivity index (χ4v) is 1.14. The van der Waals surface area contributed by atoms with E-state index < -0.39 is 0 Å². The molecule has 1 aromatic heterocycles. The molecule has 1 heterocycles. The molecule has 0 aliphatic heterocycles. The van der Waals surface area contributed by atoms with Gasteiger partial charge in [0.15, 0.2) is 0 Å². The molecule has 14 heavy (non-hydrogen) atoms. The van der Waals surface area contributed by atoms with Gasteiger partial charge in [0.1, 0.15) is 11.6 Å². The van der Waals surface area contributed by atoms with Crippen molar-refractivity contribution in [2.24, 2.45) is 5.73 Å². The summed E-state index contributed by atoms with van der Waals surface area (Å²) < 4.78 is 0. The van der Waals surface area contributed by atoms with Crippen LogP contribution < -0.4 is 16.8 Å². The molecule has 0 aliphatic carbocycles. The van der Waals surface area contributed by atoms with Gasteiger partial charge in [-0.05, 0) is 19.1 Å². The number of nitrogens with one attached hydrogen (secondary N) is 1. The molecule has 1 unspecified atom stereocenters. The lowest BCUT2D eigenvalue weighted by Gasteiger charge is -2.12. The normalized spacial score (nSPS) is 12.1. The number of rotatable bonds is 4. The zero-order chi connectivity index (χ0) is 10.6. The maximum atomic E-state index is 10.6. The molecule has 0 aliphatic rings. The number of amides is 1. The van der Waals surface area contributed by atoms with Gasteiger partial charge in [-0.25, -0.2) is 4.98 Å². The highest BCUT2D eigenvalue weighted by atomic mass is 16.1. The predicted molar refractivity (Wildman–Crippen MR) is 55.5 cm³/mol. The van der Waals surface area contributed by atoms with Crippen LogP contribution in [0, 0.1) is 0 Å². The summed E-state index contributed by atoms with van der Waals surface area (Å²) in [4.78, 5) is 14.6. The van der Waals surface area contributed by atoms with E-state index >= 15 is 0 Å². The number of hydrogen-bond acceptors (Lipinski definition) is 4. The van der Waals surface area contributed by atoms with Crippen molar-refractivity contribution in [1.29, 1.82) is 0 Å². The van der Waals surface area contributed by atoms with Crippen LogP contribution in [0.3, 0.4) is 0 Å². The summed E-state index contributed by atoms with van der Waals surface area (Å²) in [5.41, 5.74) is 10.5. The van der Waals surface area contributed by atoms with Crippen LogP contribution in [0.15, 0.2) is 18.2 Å². The Balaban J connectivity index is 2.55. The first kappa shape index (κ1) is 10.3. The SMILES string of the molecule is CC(CC(N)=O)Nc1cccc(N)n1. The average molecular weight is 194 g/mol. The third-order valence-corrected chi connectivity index (χ3v) is 1.67. The van der Waals surface area contributed by atoms with Gasteiger partial charge in [-0.1, -0.05) is 6.07 Å². The number of carbonyl (C=O) groups excluding carboxylic acids is 1. The molecule has 1 amide bonds. The zero-order valence-electron chi connectivity index (χ0n) is 8.03. The maximum absolute atomic E-state index is 10.6. The number of anilines is 2. The lowest BCUT2D eigenvalue weighted by atomic mass is 10.2. The lowest BCUT2D eigenvalue weighted by molar-refractivity contribution is -0.118. The molecule has 0 spiro atoms. The first-order valence-corrected chi connectivity index (χ1v) is 4.35. The molecule has 1 aromatic rings. The quantitative estimate of drug-likeness (QED) is 0.644. The van der Waals surface area contributed by atoms with Crippen LogP contribution in [0.1, 0.15) is 13.3 Å². The van der Waals surface area contributed by atoms with E-state index in [1.807, 2.05) is 6.92 Å². The van der Waals surface area contributed by atoms with Gasteiger partial charge in [0.05, 0.1) is 0 Å². The topological polar surface area (TPSA) is 94.0 Å². The molecule has 0 saturated heterocycles. The van der Waals surface area contributed by atoms with Crippen LogP contribution in [0.5, 0.6) is 0 Å². The Morgan fingerprint density at radius 3 is 2.93 bits per heavy atom. The van der Waals surface area contributed by atoms with Crippen molar-refractivity contribution in [3.05, 3.63) is 18.2 Å². The van der Waals surface area contributed by atoms with Gasteiger partial charge in [0.25, 0.3) is 0 Å². The maximum Gasteiger partial charge on any atom is 0.219 e. The van der Waals surface area contributed by atoms with Gasteiger partial charge >= 0.3 is 0 Å². The fourth-order valence-electron chi connectivity index (χ4n) is 1.14. The zero-order valence-corrected chi connectivity index (χ0v) is 8.03. The highest BCUT2D eigenvalue weighted by molar-refractivity contribution is 5.74. The Bertz CT molecular complexity index is 326. The number of nitrogens with two attached hydrogens (primary N) is 2. The molecule has 0 saturated carbocycles. The molecule has 5 N–H and O–H groups in total. The summed E-state index contributed by atoms with van der Waals surface area (Å²) in [6.45, 7) is 1.86. The second-order valence-electron chi connectivity index (χ2n) is 3.16. The molecule has 0 aromatic carbocycles. The Hall–Kier alpha value is -1.78. The molecule has 0 bridgehead atoms. The summed E-state index contributed by atoms with van der Waals surface area (Å²) in [7, 11) is 0. The van der Waals surface area contributed by atoms with Crippen LogP contribution in [-0.4, -0.2) is 16.9 Å². The Labute approximate surface area is 82.5 Å². The molecular weight excluding hydrogens is 180 g/mol. The van der Waals surface area contributed by atoms with Crippen LogP contribution >= 0.6 is 0 Å². The Morgan fingerprint density at radius 1 is 1.64 bits per heavy atom. The van der Waals surface area contributed by atoms with E-state index in [9.17, 15) is 4.79 Å². The molecule has 76 valence electrons. The molecular formula is C9H14N4O. The minimum atomic E-state index is -0.339. The third kappa shape index (κ3) is 3.30. The van der Waals surface area contributed by atoms with Crippen LogP contribution in [0.4, 0.5) is 11.6 Å². The number of nitrogen functional groups attached to an aromatic ring is 1. The van der Waals surface area contributed by atoms with Crippen molar-refractivity contribution in [3.63, 3.8) is 0 Å². The van der Waals surface area contributed by atoms with Crippen molar-refractivity contribution < 1.29 is 4.79 Å². The van der Waals surface area contributed by atoms with E-state index in [2.05, 4.69) is 10.3 Å². The largest absolute Gasteiger partial charge is 0.384 e. The van der Waals surface area contributed by atoms with Crippen LogP contribution in [0.25, 0.3) is 0 Å². The monoisotopic (exact) mass is 194 g/mol. The van der Waals surface area contributed by atoms with Crippen molar-refractivity contribution in [1.82, 2.24) is 4.98 Å². The summed E-state index contributed by atoms with van der Waals surface area (Å²) in [5.74, 6) is 0.758. The van der Waals surface area contributed by atoms with E-state index in [1.54, 1.807) is 18.2 Å². The van der Waals surface area contributed by atoms with E-state index in [0.29, 0.717) is 11.6 Å². The Morgan fingerprint density at radius 2 is 2.36 bits per heavy atom. The van der Waals surface area contributed by atoms with Gasteiger partial charge in [-0.3, -0.25) is 4.79 Å². The summed E-state index contributed by atoms with van der Waals surface area (Å²) in [5, 5.41) is 3.02. The van der Waals surface area contributed by atoms with Crippen LogP contribution in [0.2, 0.25) is 0 Å². The van der Waals surface area contributed by atoms with Gasteiger partial charge in [0, 0.05) is 12.5 Å². The number of nitrogens with zero attached hydrogens (tertiary/aromatic N) is 1. The van der Waals surface area contributed by atoms with Gasteiger partial charge in [-0.15, -0.1) is 0 Å². The minimum absolute atomic E-state index is 0.0400. The number of pyridine rings is 1. The van der Waals surface area contributed by atoms with Gasteiger partial charge < -0.3 is 16.8 Å². The Kier molecular flexibility index (Phi) is 3.28. The minimum Gasteiger partial charge on any atom is -0.384 e. The van der Waals surface area contributed by atoms with Crippen molar-refractivity contribution in [2.45, 2.75) is 19.4 Å². The number of carbonyl (C=O) groups is 1. The van der Waals surface area contributed by atoms with E-state index in [1.165, 1.54) is 0 Å². The van der Waals surface area contributed by atoms with E-state index in [4.69, 9.17) is 11.5 Å². The molecule has 1 atom stereocenters. The van der Waals surface area contributed by atoms with Crippen LogP contribution in [-0.2, 0) is 4.79 Å². The standard InChI is InChI=1S/C9H14N4O/c1-6(5-8(11)14)12-9-4-2-3-7(10)13-9/h2-4,6H,5H2,1H3,(H2,11,14)(H3,10,12,13). The predicted octanol–water partition coefficient (Wildman–Crippen LogP) is 0.340. The van der Waals surface area contributed by atoms with Gasteiger partial charge in [-0.2, -0.15) is 0 Å². The second kappa shape index (κ2) is 4.45. The van der Waals surface area contributed by atoms with Crippen molar-refractivity contribution >= 4 is 17.5 Å². The molecule has 0 fully saturated rings. The average Bonchev–Trinajstić information content (AvgIpc) is 2.01. The van der Waals surface area contributed by atoms with Crippen molar-refractivity contribution in [2.75, 3.05) is 11.1 Å². The molecule has 5 heteroatoms. The number of aromatic nitrogens is 1.